The lowest BCUT2D eigenvalue weighted by atomic mass is 10.4. The maximum atomic E-state index is 10.4. The molecule has 84 valence electrons. The summed E-state index contributed by atoms with van der Waals surface area (Å²) in [4.78, 5) is 14.5. The lowest BCUT2D eigenvalue weighted by Crippen LogP contribution is -2.32. The second-order valence-electron chi connectivity index (χ2n) is 2.92. The highest BCUT2D eigenvalue weighted by molar-refractivity contribution is 7.98. The molecule has 0 bridgehead atoms. The van der Waals surface area contributed by atoms with Crippen LogP contribution in [-0.2, 0) is 17.0 Å². The van der Waals surface area contributed by atoms with E-state index in [1.807, 2.05) is 6.92 Å². The van der Waals surface area contributed by atoms with Gasteiger partial charge < -0.3 is 15.4 Å². The van der Waals surface area contributed by atoms with Crippen LogP contribution in [0.4, 0.5) is 0 Å². The zero-order chi connectivity index (χ0) is 11.3. The van der Waals surface area contributed by atoms with Gasteiger partial charge in [0.2, 0.25) is 5.89 Å². The number of thioether (sulfide) groups is 1. The average molecular weight is 231 g/mol. The van der Waals surface area contributed by atoms with E-state index in [1.54, 1.807) is 0 Å². The molecule has 1 aromatic heterocycles. The van der Waals surface area contributed by atoms with E-state index in [9.17, 15) is 4.79 Å². The number of nitrogens with two attached hydrogens (primary N) is 1. The minimum absolute atomic E-state index is 0.333. The van der Waals surface area contributed by atoms with Gasteiger partial charge in [-0.15, -0.1) is 11.8 Å². The molecule has 1 aromatic rings. The van der Waals surface area contributed by atoms with E-state index >= 15 is 0 Å². The third kappa shape index (κ3) is 3.88. The lowest BCUT2D eigenvalue weighted by molar-refractivity contribution is -0.137. The molecular formula is C8H13N3O3S. The van der Waals surface area contributed by atoms with Gasteiger partial charge in [0.1, 0.15) is 6.04 Å². The van der Waals surface area contributed by atoms with Gasteiger partial charge in [0.15, 0.2) is 5.82 Å². The Bertz CT molecular complexity index is 329. The fourth-order valence-electron chi connectivity index (χ4n) is 0.837. The van der Waals surface area contributed by atoms with Crippen LogP contribution in [0, 0.1) is 0 Å². The van der Waals surface area contributed by atoms with Gasteiger partial charge in [-0.3, -0.25) is 4.79 Å². The molecule has 3 N–H and O–H groups in total. The van der Waals surface area contributed by atoms with Crippen LogP contribution in [0.1, 0.15) is 18.6 Å². The molecule has 0 fully saturated rings. The minimum Gasteiger partial charge on any atom is -0.480 e. The fourth-order valence-corrected chi connectivity index (χ4v) is 1.64. The van der Waals surface area contributed by atoms with Crippen molar-refractivity contribution in [2.45, 2.75) is 25.1 Å². The molecule has 0 radical (unpaired) electrons. The number of carboxylic acid groups (broad SMARTS) is 1. The van der Waals surface area contributed by atoms with Gasteiger partial charge in [0.05, 0.1) is 5.75 Å². The fraction of sp³-hybridized carbons (Fsp3) is 0.625. The highest BCUT2D eigenvalue weighted by Crippen LogP contribution is 2.11. The van der Waals surface area contributed by atoms with Gasteiger partial charge in [-0.2, -0.15) is 4.98 Å². The Kier molecular flexibility index (Phi) is 4.57. The summed E-state index contributed by atoms with van der Waals surface area (Å²) in [6, 6.07) is -0.844. The first-order valence-electron chi connectivity index (χ1n) is 4.51. The van der Waals surface area contributed by atoms with Gasteiger partial charge in [-0.25, -0.2) is 0 Å². The van der Waals surface area contributed by atoms with Crippen molar-refractivity contribution in [3.63, 3.8) is 0 Å². The molecule has 1 heterocycles. The number of aliphatic carboxylic acids is 1. The maximum absolute atomic E-state index is 10.4. The quantitative estimate of drug-likeness (QED) is 0.724. The van der Waals surface area contributed by atoms with Gasteiger partial charge in [-0.05, 0) is 0 Å². The monoisotopic (exact) mass is 231 g/mol. The Balaban J connectivity index is 2.28. The van der Waals surface area contributed by atoms with E-state index in [-0.39, 0.29) is 0 Å². The highest BCUT2D eigenvalue weighted by atomic mass is 32.2. The molecule has 0 saturated carbocycles. The summed E-state index contributed by atoms with van der Waals surface area (Å²) >= 11 is 1.36. The Morgan fingerprint density at radius 1 is 1.73 bits per heavy atom. The first-order valence-corrected chi connectivity index (χ1v) is 5.66. The summed E-state index contributed by atoms with van der Waals surface area (Å²) in [5.41, 5.74) is 5.32. The number of carbonyl (C=O) groups is 1. The van der Waals surface area contributed by atoms with Crippen LogP contribution in [0.15, 0.2) is 4.52 Å². The number of carboxylic acids is 1. The predicted octanol–water partition coefficient (Wildman–Crippen LogP) is 0.277. The van der Waals surface area contributed by atoms with Gasteiger partial charge in [0, 0.05) is 12.2 Å². The molecular weight excluding hydrogens is 218 g/mol. The largest absolute Gasteiger partial charge is 0.480 e. The van der Waals surface area contributed by atoms with Crippen molar-refractivity contribution in [1.29, 1.82) is 0 Å². The van der Waals surface area contributed by atoms with Crippen molar-refractivity contribution >= 4 is 17.7 Å². The molecule has 0 aromatic carbocycles. The summed E-state index contributed by atoms with van der Waals surface area (Å²) in [5.74, 6) is 0.998. The number of hydrogen-bond donors (Lipinski definition) is 2. The molecule has 7 heteroatoms. The van der Waals surface area contributed by atoms with Gasteiger partial charge in [0.25, 0.3) is 0 Å². The molecule has 0 aliphatic carbocycles. The van der Waals surface area contributed by atoms with E-state index in [1.165, 1.54) is 11.8 Å². The SMILES string of the molecule is CCc1noc(CSC[C@H](N)C(=O)O)n1. The maximum Gasteiger partial charge on any atom is 0.321 e. The van der Waals surface area contributed by atoms with E-state index in [0.29, 0.717) is 23.2 Å². The molecule has 0 spiro atoms. The van der Waals surface area contributed by atoms with Crippen molar-refractivity contribution in [3.8, 4) is 0 Å². The molecule has 0 aliphatic rings. The van der Waals surface area contributed by atoms with Crippen LogP contribution < -0.4 is 5.73 Å². The van der Waals surface area contributed by atoms with Crippen molar-refractivity contribution in [2.75, 3.05) is 5.75 Å². The third-order valence-electron chi connectivity index (χ3n) is 1.67. The molecule has 1 rings (SSSR count). The van der Waals surface area contributed by atoms with E-state index in [0.717, 1.165) is 6.42 Å². The summed E-state index contributed by atoms with van der Waals surface area (Å²) in [6.07, 6.45) is 0.725. The molecule has 0 amide bonds. The van der Waals surface area contributed by atoms with Crippen LogP contribution in [0.2, 0.25) is 0 Å². The van der Waals surface area contributed by atoms with Crippen molar-refractivity contribution in [1.82, 2.24) is 10.1 Å². The van der Waals surface area contributed by atoms with Crippen LogP contribution in [-0.4, -0.2) is 33.0 Å². The van der Waals surface area contributed by atoms with Gasteiger partial charge in [-0.1, -0.05) is 12.1 Å². The molecule has 0 aliphatic heterocycles. The number of nitrogens with zero attached hydrogens (tertiary/aromatic N) is 2. The Labute approximate surface area is 91.2 Å². The molecule has 6 nitrogen and oxygen atoms in total. The summed E-state index contributed by atoms with van der Waals surface area (Å²) < 4.78 is 4.93. The normalized spacial score (nSPS) is 12.7. The molecule has 0 unspecified atom stereocenters. The summed E-state index contributed by atoms with van der Waals surface area (Å²) in [6.45, 7) is 1.93. The predicted molar refractivity (Wildman–Crippen MR) is 55.4 cm³/mol. The Hall–Kier alpha value is -1.08. The van der Waals surface area contributed by atoms with Crippen molar-refractivity contribution < 1.29 is 14.4 Å². The second kappa shape index (κ2) is 5.72. The summed E-state index contributed by atoms with van der Waals surface area (Å²) in [5, 5.41) is 12.3. The Morgan fingerprint density at radius 3 is 3.00 bits per heavy atom. The molecule has 1 atom stereocenters. The number of aromatic nitrogens is 2. The Morgan fingerprint density at radius 2 is 2.47 bits per heavy atom. The standard InChI is InChI=1S/C8H13N3O3S/c1-2-6-10-7(14-11-6)4-15-3-5(9)8(12)13/h5H,2-4,9H2,1H3,(H,12,13)/t5-/m0/s1. The zero-order valence-electron chi connectivity index (χ0n) is 8.34. The van der Waals surface area contributed by atoms with Crippen molar-refractivity contribution in [2.24, 2.45) is 5.73 Å². The minimum atomic E-state index is -0.998. The number of aryl methyl sites for hydroxylation is 1. The zero-order valence-corrected chi connectivity index (χ0v) is 9.16. The third-order valence-corrected chi connectivity index (χ3v) is 2.71. The molecule has 0 saturated heterocycles. The van der Waals surface area contributed by atoms with Crippen LogP contribution >= 0.6 is 11.8 Å². The lowest BCUT2D eigenvalue weighted by Gasteiger charge is -2.03. The van der Waals surface area contributed by atoms with Gasteiger partial charge >= 0.3 is 5.97 Å². The number of hydrogen-bond acceptors (Lipinski definition) is 6. The van der Waals surface area contributed by atoms with E-state index < -0.39 is 12.0 Å². The topological polar surface area (TPSA) is 102 Å². The van der Waals surface area contributed by atoms with Crippen LogP contribution in [0.5, 0.6) is 0 Å². The van der Waals surface area contributed by atoms with E-state index in [4.69, 9.17) is 15.4 Å². The summed E-state index contributed by atoms with van der Waals surface area (Å²) in [7, 11) is 0. The first-order chi connectivity index (χ1) is 7.13. The first kappa shape index (κ1) is 12.0. The highest BCUT2D eigenvalue weighted by Gasteiger charge is 2.12. The average Bonchev–Trinajstić information content (AvgIpc) is 2.65. The second-order valence-corrected chi connectivity index (χ2v) is 3.95. The van der Waals surface area contributed by atoms with Crippen LogP contribution in [0.3, 0.4) is 0 Å². The number of rotatable bonds is 6. The van der Waals surface area contributed by atoms with Crippen LogP contribution in [0.25, 0.3) is 0 Å². The van der Waals surface area contributed by atoms with E-state index in [2.05, 4.69) is 10.1 Å². The van der Waals surface area contributed by atoms with Crippen molar-refractivity contribution in [3.05, 3.63) is 11.7 Å². The molecule has 15 heavy (non-hydrogen) atoms. The smallest absolute Gasteiger partial charge is 0.321 e.